The van der Waals surface area contributed by atoms with Gasteiger partial charge in [0.15, 0.2) is 0 Å². The first-order valence-electron chi connectivity index (χ1n) is 6.07. The number of aliphatic carboxylic acids is 1. The third-order valence-electron chi connectivity index (χ3n) is 3.02. The lowest BCUT2D eigenvalue weighted by Gasteiger charge is -2.29. The number of carboxylic acid groups (broad SMARTS) is 1. The van der Waals surface area contributed by atoms with E-state index in [0.717, 1.165) is 4.90 Å². The summed E-state index contributed by atoms with van der Waals surface area (Å²) >= 11 is 0. The van der Waals surface area contributed by atoms with Crippen LogP contribution in [-0.2, 0) is 9.53 Å². The number of nitrogens with zero attached hydrogens (tertiary/aromatic N) is 2. The van der Waals surface area contributed by atoms with E-state index in [-0.39, 0.29) is 32.7 Å². The largest absolute Gasteiger partial charge is 0.480 e. The van der Waals surface area contributed by atoms with Crippen LogP contribution in [0.15, 0.2) is 0 Å². The maximum atomic E-state index is 12.2. The molecule has 110 valence electrons. The summed E-state index contributed by atoms with van der Waals surface area (Å²) in [7, 11) is 1.49. The van der Waals surface area contributed by atoms with E-state index in [1.807, 2.05) is 0 Å². The summed E-state index contributed by atoms with van der Waals surface area (Å²) in [5.41, 5.74) is 0. The summed E-state index contributed by atoms with van der Waals surface area (Å²) in [4.78, 5) is 25.7. The maximum Gasteiger partial charge on any atom is 0.326 e. The number of amides is 2. The normalized spacial score (nSPS) is 22.6. The fourth-order valence-corrected chi connectivity index (χ4v) is 2.07. The molecular weight excluding hydrogens is 256 g/mol. The number of likely N-dealkylation sites (tertiary alicyclic amines) is 1. The molecule has 1 aliphatic heterocycles. The first-order valence-corrected chi connectivity index (χ1v) is 6.07. The van der Waals surface area contributed by atoms with Crippen molar-refractivity contribution in [3.63, 3.8) is 0 Å². The van der Waals surface area contributed by atoms with Crippen molar-refractivity contribution < 1.29 is 29.6 Å². The molecule has 0 unspecified atom stereocenters. The number of β-amino-alcohol motifs (C(OH)–C–C–N with tert-alkyl or cyclic N) is 1. The number of carbonyl (C=O) groups excluding carboxylic acids is 1. The molecule has 0 aromatic heterocycles. The minimum Gasteiger partial charge on any atom is -0.480 e. The van der Waals surface area contributed by atoms with Crippen molar-refractivity contribution in [1.29, 1.82) is 0 Å². The Morgan fingerprint density at radius 3 is 2.63 bits per heavy atom. The van der Waals surface area contributed by atoms with Crippen LogP contribution in [0.25, 0.3) is 0 Å². The quantitative estimate of drug-likeness (QED) is 0.548. The van der Waals surface area contributed by atoms with Crippen LogP contribution in [-0.4, -0.2) is 89.2 Å². The van der Waals surface area contributed by atoms with Gasteiger partial charge >= 0.3 is 12.0 Å². The topological polar surface area (TPSA) is 111 Å². The average Bonchev–Trinajstić information content (AvgIpc) is 2.76. The van der Waals surface area contributed by atoms with Crippen LogP contribution in [0.5, 0.6) is 0 Å². The fraction of sp³-hybridized carbons (Fsp3) is 0.818. The van der Waals surface area contributed by atoms with Crippen molar-refractivity contribution in [3.05, 3.63) is 0 Å². The minimum atomic E-state index is -1.14. The van der Waals surface area contributed by atoms with E-state index in [4.69, 9.17) is 14.9 Å². The highest BCUT2D eigenvalue weighted by molar-refractivity contribution is 5.83. The zero-order chi connectivity index (χ0) is 14.4. The monoisotopic (exact) mass is 276 g/mol. The molecule has 0 aromatic carbocycles. The zero-order valence-corrected chi connectivity index (χ0v) is 10.9. The molecule has 2 atom stereocenters. The Hall–Kier alpha value is -1.38. The highest BCUT2D eigenvalue weighted by Crippen LogP contribution is 2.19. The number of hydrogen-bond donors (Lipinski definition) is 3. The van der Waals surface area contributed by atoms with E-state index in [0.29, 0.717) is 6.61 Å². The predicted octanol–water partition coefficient (Wildman–Crippen LogP) is -1.43. The second kappa shape index (κ2) is 7.27. The maximum absolute atomic E-state index is 12.2. The van der Waals surface area contributed by atoms with Gasteiger partial charge in [-0.3, -0.25) is 0 Å². The average molecular weight is 276 g/mol. The smallest absolute Gasteiger partial charge is 0.326 e. The van der Waals surface area contributed by atoms with E-state index >= 15 is 0 Å². The fourth-order valence-electron chi connectivity index (χ4n) is 2.07. The third kappa shape index (κ3) is 4.05. The van der Waals surface area contributed by atoms with Crippen molar-refractivity contribution in [2.45, 2.75) is 18.6 Å². The Labute approximate surface area is 111 Å². The van der Waals surface area contributed by atoms with Gasteiger partial charge in [0.2, 0.25) is 0 Å². The molecule has 2 amide bonds. The van der Waals surface area contributed by atoms with E-state index in [9.17, 15) is 14.7 Å². The van der Waals surface area contributed by atoms with Crippen LogP contribution in [0.4, 0.5) is 4.79 Å². The number of carboxylic acids is 1. The molecule has 1 saturated heterocycles. The van der Waals surface area contributed by atoms with E-state index < -0.39 is 24.1 Å². The molecule has 1 rings (SSSR count). The van der Waals surface area contributed by atoms with Gasteiger partial charge in [0.1, 0.15) is 6.04 Å². The number of hydrogen-bond acceptors (Lipinski definition) is 5. The lowest BCUT2D eigenvalue weighted by molar-refractivity contribution is -0.141. The van der Waals surface area contributed by atoms with Crippen molar-refractivity contribution in [2.24, 2.45) is 0 Å². The molecule has 8 heteroatoms. The summed E-state index contributed by atoms with van der Waals surface area (Å²) in [6.07, 6.45) is -0.804. The van der Waals surface area contributed by atoms with Crippen LogP contribution in [0.1, 0.15) is 6.42 Å². The lowest BCUT2D eigenvalue weighted by atomic mass is 10.2. The molecule has 0 radical (unpaired) electrons. The lowest BCUT2D eigenvalue weighted by Crippen LogP contribution is -2.49. The predicted molar refractivity (Wildman–Crippen MR) is 64.7 cm³/mol. The molecule has 3 N–H and O–H groups in total. The number of aliphatic hydroxyl groups is 2. The first kappa shape index (κ1) is 15.7. The molecule has 0 aliphatic carbocycles. The molecule has 19 heavy (non-hydrogen) atoms. The number of methoxy groups -OCH3 is 1. The second-order valence-corrected chi connectivity index (χ2v) is 4.38. The van der Waals surface area contributed by atoms with Gasteiger partial charge in [0.05, 0.1) is 19.3 Å². The van der Waals surface area contributed by atoms with Crippen LogP contribution in [0.2, 0.25) is 0 Å². The molecule has 1 aliphatic rings. The van der Waals surface area contributed by atoms with Crippen molar-refractivity contribution in [3.8, 4) is 0 Å². The molecule has 0 spiro atoms. The first-order chi connectivity index (χ1) is 9.01. The summed E-state index contributed by atoms with van der Waals surface area (Å²) < 4.78 is 4.87. The van der Waals surface area contributed by atoms with Crippen molar-refractivity contribution in [2.75, 3.05) is 40.0 Å². The summed E-state index contributed by atoms with van der Waals surface area (Å²) in [6.45, 7) is 0.421. The van der Waals surface area contributed by atoms with Gasteiger partial charge < -0.3 is 29.9 Å². The second-order valence-electron chi connectivity index (χ2n) is 4.38. The van der Waals surface area contributed by atoms with Gasteiger partial charge in [0.25, 0.3) is 0 Å². The van der Waals surface area contributed by atoms with Gasteiger partial charge in [-0.25, -0.2) is 9.59 Å². The van der Waals surface area contributed by atoms with Gasteiger partial charge in [0, 0.05) is 33.2 Å². The minimum absolute atomic E-state index is 0.00922. The van der Waals surface area contributed by atoms with Gasteiger partial charge in [-0.05, 0) is 0 Å². The third-order valence-corrected chi connectivity index (χ3v) is 3.02. The molecular formula is C11H20N2O6. The van der Waals surface area contributed by atoms with Crippen LogP contribution in [0.3, 0.4) is 0 Å². The van der Waals surface area contributed by atoms with Crippen LogP contribution >= 0.6 is 0 Å². The molecule has 8 nitrogen and oxygen atoms in total. The zero-order valence-electron chi connectivity index (χ0n) is 10.9. The standard InChI is InChI=1S/C11H20N2O6/c1-19-5-3-12(2-4-14)11(18)13-7-8(15)6-9(13)10(16)17/h8-9,14-15H,2-7H2,1H3,(H,16,17)/t8-,9+/m1/s1. The number of carbonyl (C=O) groups is 2. The number of ether oxygens (including phenoxy) is 1. The molecule has 0 bridgehead atoms. The number of rotatable bonds is 6. The summed E-state index contributed by atoms with van der Waals surface area (Å²) in [5.74, 6) is -1.14. The molecule has 0 aromatic rings. The Balaban J connectivity index is 2.73. The summed E-state index contributed by atoms with van der Waals surface area (Å²) in [5, 5.41) is 27.5. The highest BCUT2D eigenvalue weighted by atomic mass is 16.5. The Bertz CT molecular complexity index is 324. The van der Waals surface area contributed by atoms with Crippen LogP contribution < -0.4 is 0 Å². The van der Waals surface area contributed by atoms with E-state index in [1.54, 1.807) is 0 Å². The van der Waals surface area contributed by atoms with E-state index in [1.165, 1.54) is 12.0 Å². The van der Waals surface area contributed by atoms with Gasteiger partial charge in [-0.1, -0.05) is 0 Å². The highest BCUT2D eigenvalue weighted by Gasteiger charge is 2.40. The van der Waals surface area contributed by atoms with Gasteiger partial charge in [-0.15, -0.1) is 0 Å². The molecule has 1 heterocycles. The van der Waals surface area contributed by atoms with Crippen molar-refractivity contribution in [1.82, 2.24) is 9.80 Å². The Morgan fingerprint density at radius 1 is 1.42 bits per heavy atom. The Kier molecular flexibility index (Phi) is 6.00. The number of aliphatic hydroxyl groups excluding tert-OH is 2. The Morgan fingerprint density at radius 2 is 2.11 bits per heavy atom. The molecule has 0 saturated carbocycles. The molecule has 1 fully saturated rings. The number of urea groups is 1. The summed E-state index contributed by atoms with van der Waals surface area (Å²) in [6, 6.07) is -1.53. The van der Waals surface area contributed by atoms with E-state index in [2.05, 4.69) is 0 Å². The van der Waals surface area contributed by atoms with Gasteiger partial charge in [-0.2, -0.15) is 0 Å². The SMILES string of the molecule is COCCN(CCO)C(=O)N1C[C@H](O)C[C@H]1C(=O)O. The van der Waals surface area contributed by atoms with Crippen LogP contribution in [0, 0.1) is 0 Å². The van der Waals surface area contributed by atoms with Crippen molar-refractivity contribution >= 4 is 12.0 Å².